The number of nitrogens with zero attached hydrogens (tertiary/aromatic N) is 12. The number of methoxy groups -OCH3 is 2. The molecule has 10 heterocycles. The molecule has 0 saturated heterocycles. The number of ether oxygens (including phenoxy) is 6. The van der Waals surface area contributed by atoms with Crippen LogP contribution in [-0.2, 0) is 13.1 Å². The average molecular weight is 985 g/mol. The third-order valence-electron chi connectivity index (χ3n) is 12.3. The molecule has 0 fully saturated rings. The molecule has 0 spiro atoms. The topological polar surface area (TPSA) is 178 Å². The van der Waals surface area contributed by atoms with Gasteiger partial charge in [0.1, 0.15) is 23.0 Å². The number of fused-ring (bicyclic) bond motifs is 4. The van der Waals surface area contributed by atoms with Crippen molar-refractivity contribution in [3.63, 3.8) is 0 Å². The Bertz CT molecular complexity index is 3180. The molecule has 4 aliphatic heterocycles. The Kier molecular flexibility index (Phi) is 11.7. The summed E-state index contributed by atoms with van der Waals surface area (Å²) < 4.78 is 92.1. The Balaban J connectivity index is 0.000000156. The Morgan fingerprint density at radius 1 is 0.569 bits per heavy atom. The maximum atomic E-state index is 13.7. The average Bonchev–Trinajstić information content (AvgIpc) is 4.25. The van der Waals surface area contributed by atoms with Crippen LogP contribution in [0.1, 0.15) is 94.7 Å². The van der Waals surface area contributed by atoms with Gasteiger partial charge in [0.05, 0.1) is 49.6 Å². The molecule has 8 aromatic rings. The van der Waals surface area contributed by atoms with Crippen molar-refractivity contribution in [3.05, 3.63) is 143 Å². The maximum Gasteiger partial charge on any atom is 0.586 e. The van der Waals surface area contributed by atoms with Gasteiger partial charge < -0.3 is 37.6 Å². The Morgan fingerprint density at radius 3 is 1.42 bits per heavy atom. The van der Waals surface area contributed by atoms with Crippen molar-refractivity contribution in [2.75, 3.05) is 14.2 Å². The number of halogens is 4. The number of aryl methyl sites for hydroxylation is 4. The van der Waals surface area contributed by atoms with E-state index in [4.69, 9.17) is 28.9 Å². The van der Waals surface area contributed by atoms with E-state index in [1.54, 1.807) is 75.4 Å². The third kappa shape index (κ3) is 9.05. The van der Waals surface area contributed by atoms with Crippen LogP contribution in [0.3, 0.4) is 0 Å². The molecular weight excluding hydrogens is 941 g/mol. The van der Waals surface area contributed by atoms with Crippen molar-refractivity contribution in [2.45, 2.75) is 77.0 Å². The first kappa shape index (κ1) is 45.9. The molecule has 368 valence electrons. The molecule has 0 radical (unpaired) electrons. The monoisotopic (exact) mass is 984 g/mol. The SMILES string of the molecule is COc1nc(/C=C/c2nc3n(n2)CCC[C@@H]3c2cccc3c2OC(F)(F)O3)ccc1-n1cnc(C)c1.COc1nc(/C=C/c2nc3n(n2)CCC[C@H]3c2cccc3c2OC(F)(F)O3)ccc1-n1cnc(C)c1. The number of benzene rings is 2. The summed E-state index contributed by atoms with van der Waals surface area (Å²) in [6.45, 7) is 5.22. The molecule has 0 unspecified atom stereocenters. The highest BCUT2D eigenvalue weighted by atomic mass is 19.3. The van der Waals surface area contributed by atoms with Crippen molar-refractivity contribution >= 4 is 24.3 Å². The molecule has 6 aromatic heterocycles. The molecule has 0 saturated carbocycles. The molecule has 0 amide bonds. The summed E-state index contributed by atoms with van der Waals surface area (Å²) in [7, 11) is 3.14. The number of para-hydroxylation sites is 2. The standard InChI is InChI=1S/2C25H22F2N6O3/c2*1-15-13-32(14-28-15)19-10-8-16(29-24(19)34-2)9-11-21-30-23-18(6-4-12-33(23)31-21)17-5-3-7-20-22(17)36-25(26,27)35-20/h2*3,5,7-11,13-14,18H,4,6,12H2,1-2H3/b2*11-9+/t2*18-/m10/s1. The highest BCUT2D eigenvalue weighted by molar-refractivity contribution is 5.67. The summed E-state index contributed by atoms with van der Waals surface area (Å²) in [6, 6.07) is 17.4. The molecule has 72 heavy (non-hydrogen) atoms. The molecule has 22 heteroatoms. The van der Waals surface area contributed by atoms with E-state index in [0.717, 1.165) is 48.4 Å². The second-order valence-electron chi connectivity index (χ2n) is 17.2. The lowest BCUT2D eigenvalue weighted by molar-refractivity contribution is -0.287. The molecule has 18 nitrogen and oxygen atoms in total. The minimum absolute atomic E-state index is 0.0311. The fraction of sp³-hybridized carbons (Fsp3) is 0.280. The second kappa shape index (κ2) is 18.3. The quantitative estimate of drug-likeness (QED) is 0.118. The summed E-state index contributed by atoms with van der Waals surface area (Å²) in [4.78, 5) is 27.0. The van der Waals surface area contributed by atoms with Crippen LogP contribution in [0.4, 0.5) is 17.6 Å². The number of pyridine rings is 2. The molecule has 2 atom stereocenters. The van der Waals surface area contributed by atoms with Crippen molar-refractivity contribution in [1.29, 1.82) is 0 Å². The van der Waals surface area contributed by atoms with Crippen molar-refractivity contribution < 1.29 is 46.0 Å². The number of hydrogen-bond acceptors (Lipinski definition) is 14. The van der Waals surface area contributed by atoms with Crippen LogP contribution in [0, 0.1) is 13.8 Å². The van der Waals surface area contributed by atoms with Crippen molar-refractivity contribution in [1.82, 2.24) is 58.6 Å². The first-order chi connectivity index (χ1) is 34.8. The normalized spacial score (nSPS) is 17.9. The van der Waals surface area contributed by atoms with Gasteiger partial charge in [-0.15, -0.1) is 17.6 Å². The minimum Gasteiger partial charge on any atom is -0.479 e. The predicted molar refractivity (Wildman–Crippen MR) is 251 cm³/mol. The van der Waals surface area contributed by atoms with E-state index in [0.29, 0.717) is 70.7 Å². The van der Waals surface area contributed by atoms with Crippen molar-refractivity contribution in [3.8, 4) is 46.1 Å². The van der Waals surface area contributed by atoms with E-state index >= 15 is 0 Å². The van der Waals surface area contributed by atoms with E-state index in [1.165, 1.54) is 12.1 Å². The van der Waals surface area contributed by atoms with Gasteiger partial charge in [0.2, 0.25) is 11.8 Å². The van der Waals surface area contributed by atoms with Gasteiger partial charge in [-0.05, 0) is 100 Å². The zero-order valence-corrected chi connectivity index (χ0v) is 39.1. The van der Waals surface area contributed by atoms with Crippen molar-refractivity contribution in [2.24, 2.45) is 0 Å². The lowest BCUT2D eigenvalue weighted by Crippen LogP contribution is -2.26. The second-order valence-corrected chi connectivity index (χ2v) is 17.2. The molecule has 12 rings (SSSR count). The van der Waals surface area contributed by atoms with Crippen LogP contribution in [0.25, 0.3) is 35.7 Å². The van der Waals surface area contributed by atoms with Gasteiger partial charge in [0, 0.05) is 48.4 Å². The van der Waals surface area contributed by atoms with Crippen LogP contribution >= 0.6 is 0 Å². The zero-order chi connectivity index (χ0) is 49.7. The van der Waals surface area contributed by atoms with Gasteiger partial charge in [0.15, 0.2) is 34.6 Å². The first-order valence-electron chi connectivity index (χ1n) is 23.0. The minimum atomic E-state index is -3.67. The molecule has 4 aliphatic rings. The summed E-state index contributed by atoms with van der Waals surface area (Å²) in [5, 5.41) is 9.20. The molecule has 0 N–H and O–H groups in total. The Labute approximate surface area is 408 Å². The van der Waals surface area contributed by atoms with Crippen LogP contribution in [0.15, 0.2) is 85.7 Å². The van der Waals surface area contributed by atoms with Crippen LogP contribution in [0.5, 0.6) is 34.8 Å². The number of hydrogen-bond donors (Lipinski definition) is 0. The molecule has 0 bridgehead atoms. The first-order valence-corrected chi connectivity index (χ1v) is 23.0. The van der Waals surface area contributed by atoms with Gasteiger partial charge in [-0.1, -0.05) is 24.3 Å². The number of aromatic nitrogens is 12. The van der Waals surface area contributed by atoms with Gasteiger partial charge >= 0.3 is 12.6 Å². The van der Waals surface area contributed by atoms with Crippen LogP contribution < -0.4 is 28.4 Å². The van der Waals surface area contributed by atoms with Crippen LogP contribution in [-0.4, -0.2) is 85.4 Å². The summed E-state index contributed by atoms with van der Waals surface area (Å²) in [6.07, 6.45) is 10.2. The van der Waals surface area contributed by atoms with Gasteiger partial charge in [-0.25, -0.2) is 39.3 Å². The summed E-state index contributed by atoms with van der Waals surface area (Å²) in [5.74, 6) is 3.03. The highest BCUT2D eigenvalue weighted by Crippen LogP contribution is 2.50. The van der Waals surface area contributed by atoms with Crippen LogP contribution in [0.2, 0.25) is 0 Å². The number of imidazole rings is 2. The Hall–Kier alpha value is -8.56. The summed E-state index contributed by atoms with van der Waals surface area (Å²) in [5.41, 5.74) is 5.91. The lowest BCUT2D eigenvalue weighted by Gasteiger charge is -2.23. The molecular formula is C50H44F4N12O6. The number of rotatable bonds is 10. The fourth-order valence-corrected chi connectivity index (χ4v) is 9.20. The molecule has 2 aromatic carbocycles. The molecule has 0 aliphatic carbocycles. The maximum absolute atomic E-state index is 13.7. The predicted octanol–water partition coefficient (Wildman–Crippen LogP) is 9.19. The van der Waals surface area contributed by atoms with E-state index in [-0.39, 0.29) is 34.8 Å². The van der Waals surface area contributed by atoms with E-state index in [2.05, 4.69) is 39.6 Å². The zero-order valence-electron chi connectivity index (χ0n) is 39.1. The fourth-order valence-electron chi connectivity index (χ4n) is 9.20. The van der Waals surface area contributed by atoms with Gasteiger partial charge in [0.25, 0.3) is 0 Å². The van der Waals surface area contributed by atoms with E-state index in [1.807, 2.05) is 69.0 Å². The van der Waals surface area contributed by atoms with E-state index in [9.17, 15) is 17.6 Å². The third-order valence-corrected chi connectivity index (χ3v) is 12.3. The summed E-state index contributed by atoms with van der Waals surface area (Å²) >= 11 is 0. The van der Waals surface area contributed by atoms with Gasteiger partial charge in [-0.2, -0.15) is 10.2 Å². The largest absolute Gasteiger partial charge is 0.586 e. The Morgan fingerprint density at radius 2 is 1.01 bits per heavy atom. The lowest BCUT2D eigenvalue weighted by atomic mass is 9.90. The van der Waals surface area contributed by atoms with Gasteiger partial charge in [-0.3, -0.25) is 0 Å². The smallest absolute Gasteiger partial charge is 0.479 e. The number of alkyl halides is 4. The van der Waals surface area contributed by atoms with E-state index < -0.39 is 12.6 Å². The highest BCUT2D eigenvalue weighted by Gasteiger charge is 2.47.